The van der Waals surface area contributed by atoms with Crippen LogP contribution in [0.3, 0.4) is 0 Å². The Labute approximate surface area is 95.5 Å². The molecule has 0 aliphatic rings. The lowest BCUT2D eigenvalue weighted by Gasteiger charge is -2.27. The zero-order valence-corrected chi connectivity index (χ0v) is 10.1. The Bertz CT molecular complexity index is 305. The number of halogens is 1. The highest BCUT2D eigenvalue weighted by Crippen LogP contribution is 2.19. The van der Waals surface area contributed by atoms with E-state index in [1.807, 2.05) is 7.05 Å². The molecule has 0 bridgehead atoms. The Kier molecular flexibility index (Phi) is 4.15. The maximum Gasteiger partial charge on any atom is 0.223 e. The van der Waals surface area contributed by atoms with Crippen LogP contribution in [0.4, 0.5) is 11.8 Å². The first-order chi connectivity index (χ1) is 7.08. The third kappa shape index (κ3) is 2.96. The topological polar surface area (TPSA) is 55.0 Å². The predicted molar refractivity (Wildman–Crippen MR) is 64.2 cm³/mol. The first-order valence-corrected chi connectivity index (χ1v) is 5.49. The molecule has 5 heteroatoms. The second-order valence-corrected chi connectivity index (χ2v) is 3.88. The van der Waals surface area contributed by atoms with Crippen molar-refractivity contribution in [2.75, 3.05) is 17.7 Å². The summed E-state index contributed by atoms with van der Waals surface area (Å²) in [6.45, 7) is 4.30. The van der Waals surface area contributed by atoms with E-state index in [-0.39, 0.29) is 5.95 Å². The minimum absolute atomic E-state index is 0.218. The normalized spacial score (nSPS) is 10.7. The van der Waals surface area contributed by atoms with Crippen LogP contribution >= 0.6 is 11.6 Å². The molecule has 1 aromatic rings. The van der Waals surface area contributed by atoms with Crippen molar-refractivity contribution in [3.05, 3.63) is 11.2 Å². The maximum absolute atomic E-state index is 5.83. The molecule has 0 aliphatic heterocycles. The third-order valence-corrected chi connectivity index (χ3v) is 2.74. The highest BCUT2D eigenvalue weighted by atomic mass is 35.5. The summed E-state index contributed by atoms with van der Waals surface area (Å²) in [4.78, 5) is 10.1. The fourth-order valence-electron chi connectivity index (χ4n) is 1.63. The van der Waals surface area contributed by atoms with Gasteiger partial charge in [0.1, 0.15) is 11.0 Å². The lowest BCUT2D eigenvalue weighted by atomic mass is 10.1. The fraction of sp³-hybridized carbons (Fsp3) is 0.600. The van der Waals surface area contributed by atoms with Gasteiger partial charge in [0.15, 0.2) is 0 Å². The highest BCUT2D eigenvalue weighted by molar-refractivity contribution is 6.29. The van der Waals surface area contributed by atoms with Crippen molar-refractivity contribution >= 4 is 23.4 Å². The van der Waals surface area contributed by atoms with Gasteiger partial charge in [-0.05, 0) is 12.8 Å². The van der Waals surface area contributed by atoms with Gasteiger partial charge >= 0.3 is 0 Å². The van der Waals surface area contributed by atoms with Crippen LogP contribution in [0.2, 0.25) is 5.15 Å². The van der Waals surface area contributed by atoms with Gasteiger partial charge in [0.05, 0.1) is 0 Å². The first-order valence-electron chi connectivity index (χ1n) is 5.11. The number of aromatic nitrogens is 2. The number of rotatable bonds is 4. The Balaban J connectivity index is 2.94. The number of hydrogen-bond donors (Lipinski definition) is 1. The maximum atomic E-state index is 5.83. The number of nitrogen functional groups attached to an aromatic ring is 1. The molecular formula is C10H17ClN4. The van der Waals surface area contributed by atoms with Crippen molar-refractivity contribution in [3.63, 3.8) is 0 Å². The van der Waals surface area contributed by atoms with Crippen LogP contribution in [0, 0.1) is 0 Å². The second-order valence-electron chi connectivity index (χ2n) is 3.49. The van der Waals surface area contributed by atoms with Crippen molar-refractivity contribution < 1.29 is 0 Å². The highest BCUT2D eigenvalue weighted by Gasteiger charge is 2.13. The molecule has 0 spiro atoms. The van der Waals surface area contributed by atoms with Crippen LogP contribution in [0.25, 0.3) is 0 Å². The van der Waals surface area contributed by atoms with Crippen molar-refractivity contribution in [1.82, 2.24) is 9.97 Å². The van der Waals surface area contributed by atoms with E-state index in [1.54, 1.807) is 6.07 Å². The lowest BCUT2D eigenvalue weighted by Crippen LogP contribution is -2.31. The van der Waals surface area contributed by atoms with Gasteiger partial charge in [-0.25, -0.2) is 4.98 Å². The zero-order chi connectivity index (χ0) is 11.4. The van der Waals surface area contributed by atoms with Crippen molar-refractivity contribution in [1.29, 1.82) is 0 Å². The van der Waals surface area contributed by atoms with Gasteiger partial charge in [-0.2, -0.15) is 4.98 Å². The molecular weight excluding hydrogens is 212 g/mol. The summed E-state index contributed by atoms with van der Waals surface area (Å²) in [7, 11) is 2.00. The molecule has 0 fully saturated rings. The molecule has 0 amide bonds. The van der Waals surface area contributed by atoms with E-state index < -0.39 is 0 Å². The van der Waals surface area contributed by atoms with E-state index >= 15 is 0 Å². The average Bonchev–Trinajstić information content (AvgIpc) is 2.18. The molecule has 1 heterocycles. The number of nitrogens with zero attached hydrogens (tertiary/aromatic N) is 3. The summed E-state index contributed by atoms with van der Waals surface area (Å²) in [6, 6.07) is 2.19. The first kappa shape index (κ1) is 12.0. The summed E-state index contributed by atoms with van der Waals surface area (Å²) in [5, 5.41) is 0.385. The lowest BCUT2D eigenvalue weighted by molar-refractivity contribution is 0.586. The third-order valence-electron chi connectivity index (χ3n) is 2.55. The predicted octanol–water partition coefficient (Wildman–Crippen LogP) is 2.34. The zero-order valence-electron chi connectivity index (χ0n) is 9.37. The molecule has 4 nitrogen and oxygen atoms in total. The Morgan fingerprint density at radius 2 is 2.00 bits per heavy atom. The molecule has 0 radical (unpaired) electrons. The van der Waals surface area contributed by atoms with Crippen LogP contribution in [0.1, 0.15) is 26.7 Å². The standard InChI is InChI=1S/C10H17ClN4/c1-4-7(5-2)15(3)9-6-8(11)13-10(12)14-9/h6-7H,4-5H2,1-3H3,(H2,12,13,14). The smallest absolute Gasteiger partial charge is 0.223 e. The molecule has 1 rings (SSSR count). The number of anilines is 2. The van der Waals surface area contributed by atoms with Gasteiger partial charge in [-0.1, -0.05) is 25.4 Å². The van der Waals surface area contributed by atoms with Gasteiger partial charge in [0.2, 0.25) is 5.95 Å². The Morgan fingerprint density at radius 3 is 2.47 bits per heavy atom. The summed E-state index contributed by atoms with van der Waals surface area (Å²) in [5.41, 5.74) is 5.55. The van der Waals surface area contributed by atoms with Gasteiger partial charge in [0.25, 0.3) is 0 Å². The van der Waals surface area contributed by atoms with Crippen LogP contribution in [0.15, 0.2) is 6.07 Å². The van der Waals surface area contributed by atoms with Gasteiger partial charge < -0.3 is 10.6 Å². The minimum Gasteiger partial charge on any atom is -0.368 e. The van der Waals surface area contributed by atoms with Crippen LogP contribution in [-0.4, -0.2) is 23.1 Å². The molecule has 0 saturated carbocycles. The van der Waals surface area contributed by atoms with Gasteiger partial charge in [0, 0.05) is 19.2 Å². The number of hydrogen-bond acceptors (Lipinski definition) is 4. The number of nitrogens with two attached hydrogens (primary N) is 1. The molecule has 15 heavy (non-hydrogen) atoms. The minimum atomic E-state index is 0.218. The molecule has 84 valence electrons. The Hall–Kier alpha value is -1.03. The molecule has 0 atom stereocenters. The van der Waals surface area contributed by atoms with Crippen LogP contribution in [0.5, 0.6) is 0 Å². The molecule has 0 aromatic carbocycles. The van der Waals surface area contributed by atoms with Crippen molar-refractivity contribution in [2.24, 2.45) is 0 Å². The monoisotopic (exact) mass is 228 g/mol. The van der Waals surface area contributed by atoms with Gasteiger partial charge in [-0.3, -0.25) is 0 Å². The van der Waals surface area contributed by atoms with Crippen molar-refractivity contribution in [2.45, 2.75) is 32.7 Å². The van der Waals surface area contributed by atoms with Crippen LogP contribution < -0.4 is 10.6 Å². The summed E-state index contributed by atoms with van der Waals surface area (Å²) in [5.74, 6) is 0.997. The van der Waals surface area contributed by atoms with Crippen molar-refractivity contribution in [3.8, 4) is 0 Å². The molecule has 0 aliphatic carbocycles. The fourth-order valence-corrected chi connectivity index (χ4v) is 1.81. The molecule has 1 aromatic heterocycles. The van der Waals surface area contributed by atoms with Gasteiger partial charge in [-0.15, -0.1) is 0 Å². The van der Waals surface area contributed by atoms with E-state index in [4.69, 9.17) is 17.3 Å². The quantitative estimate of drug-likeness (QED) is 0.804. The largest absolute Gasteiger partial charge is 0.368 e. The van der Waals surface area contributed by atoms with E-state index in [2.05, 4.69) is 28.7 Å². The van der Waals surface area contributed by atoms with Crippen LogP contribution in [-0.2, 0) is 0 Å². The molecule has 0 unspecified atom stereocenters. The second kappa shape index (κ2) is 5.16. The molecule has 2 N–H and O–H groups in total. The van der Waals surface area contributed by atoms with E-state index in [9.17, 15) is 0 Å². The van der Waals surface area contributed by atoms with E-state index in [1.165, 1.54) is 0 Å². The summed E-state index contributed by atoms with van der Waals surface area (Å²) in [6.07, 6.45) is 2.13. The average molecular weight is 229 g/mol. The SMILES string of the molecule is CCC(CC)N(C)c1cc(Cl)nc(N)n1. The van der Waals surface area contributed by atoms with E-state index in [0.29, 0.717) is 11.2 Å². The summed E-state index contributed by atoms with van der Waals surface area (Å²) < 4.78 is 0. The molecule has 0 saturated heterocycles. The Morgan fingerprint density at radius 1 is 1.40 bits per heavy atom. The summed E-state index contributed by atoms with van der Waals surface area (Å²) >= 11 is 5.83. The van der Waals surface area contributed by atoms with E-state index in [0.717, 1.165) is 18.7 Å².